The van der Waals surface area contributed by atoms with Gasteiger partial charge in [0.1, 0.15) is 5.75 Å². The molecule has 4 rings (SSSR count). The first-order valence-corrected chi connectivity index (χ1v) is 12.0. The number of hydrazone groups is 2. The van der Waals surface area contributed by atoms with Crippen LogP contribution in [0.4, 0.5) is 24.5 Å². The highest BCUT2D eigenvalue weighted by molar-refractivity contribution is 6.71. The number of aryl methyl sites for hydroxylation is 2. The number of alkyl halides is 3. The van der Waals surface area contributed by atoms with Crippen LogP contribution in [-0.2, 0) is 4.79 Å². The topological polar surface area (TPSA) is 89.3 Å². The summed E-state index contributed by atoms with van der Waals surface area (Å²) in [4.78, 5) is 13.0. The third-order valence-corrected chi connectivity index (χ3v) is 6.78. The summed E-state index contributed by atoms with van der Waals surface area (Å²) >= 11 is 0. The van der Waals surface area contributed by atoms with Gasteiger partial charge in [-0.25, -0.2) is 0 Å². The average Bonchev–Trinajstić information content (AvgIpc) is 3.12. The molecule has 0 spiro atoms. The molecule has 0 aromatic heterocycles. The van der Waals surface area contributed by atoms with E-state index in [1.54, 1.807) is 25.1 Å². The maximum absolute atomic E-state index is 13.0. The highest BCUT2D eigenvalue weighted by Gasteiger charge is 2.32. The van der Waals surface area contributed by atoms with Crippen LogP contribution in [0.2, 0.25) is 0 Å². The fraction of sp³-hybridized carbons (Fsp3) is 0.423. The van der Waals surface area contributed by atoms with Gasteiger partial charge in [-0.2, -0.15) is 28.4 Å². The van der Waals surface area contributed by atoms with E-state index in [9.17, 15) is 23.1 Å². The smallest absolute Gasteiger partial charge is 0.401 e. The Balaban J connectivity index is 1.48. The van der Waals surface area contributed by atoms with E-state index >= 15 is 0 Å². The standard InChI is InChI=1S/C26H30F3N5O2/c1-15-10-11-20(12-16(15)2)34-25(36)23(17(3)33-34)32-31-22-9-5-8-21(24(22)35)18-6-4-7-19(13-18)30-14-26(27,28)29/h5,8-12,18-19,30-31,35H,4,6-7,13-14H2,1-3H3/b32-23+. The molecular weight excluding hydrogens is 471 g/mol. The minimum absolute atomic E-state index is 0.0191. The Bertz CT molecular complexity index is 1210. The average molecular weight is 502 g/mol. The molecule has 2 aliphatic rings. The number of amides is 1. The van der Waals surface area contributed by atoms with Crippen LogP contribution in [0.1, 0.15) is 55.2 Å². The van der Waals surface area contributed by atoms with Crippen LogP contribution < -0.4 is 15.8 Å². The summed E-state index contributed by atoms with van der Waals surface area (Å²) < 4.78 is 37.8. The van der Waals surface area contributed by atoms with Crippen LogP contribution in [0.3, 0.4) is 0 Å². The maximum atomic E-state index is 13.0. The largest absolute Gasteiger partial charge is 0.505 e. The number of benzene rings is 2. The molecule has 10 heteroatoms. The number of hydrogen-bond acceptors (Lipinski definition) is 6. The van der Waals surface area contributed by atoms with Gasteiger partial charge in [-0.05, 0) is 80.8 Å². The molecule has 0 bridgehead atoms. The van der Waals surface area contributed by atoms with E-state index in [0.717, 1.165) is 24.0 Å². The molecule has 0 radical (unpaired) electrons. The van der Waals surface area contributed by atoms with Crippen LogP contribution in [0.25, 0.3) is 0 Å². The van der Waals surface area contributed by atoms with E-state index < -0.39 is 12.7 Å². The van der Waals surface area contributed by atoms with Crippen molar-refractivity contribution in [1.29, 1.82) is 0 Å². The number of hydrogen-bond donors (Lipinski definition) is 3. The molecule has 1 amide bonds. The molecule has 1 fully saturated rings. The summed E-state index contributed by atoms with van der Waals surface area (Å²) in [5, 5.41) is 23.4. The van der Waals surface area contributed by atoms with Crippen molar-refractivity contribution >= 4 is 28.7 Å². The van der Waals surface area contributed by atoms with E-state index in [0.29, 0.717) is 35.5 Å². The molecule has 2 unspecified atom stereocenters. The molecule has 2 aromatic carbocycles. The lowest BCUT2D eigenvalue weighted by molar-refractivity contribution is -0.126. The normalized spacial score (nSPS) is 21.7. The molecule has 0 saturated heterocycles. The van der Waals surface area contributed by atoms with Crippen molar-refractivity contribution in [1.82, 2.24) is 5.32 Å². The third kappa shape index (κ3) is 5.70. The van der Waals surface area contributed by atoms with Crippen LogP contribution in [0, 0.1) is 13.8 Å². The zero-order chi connectivity index (χ0) is 26.0. The fourth-order valence-corrected chi connectivity index (χ4v) is 4.67. The molecule has 36 heavy (non-hydrogen) atoms. The molecule has 1 saturated carbocycles. The van der Waals surface area contributed by atoms with Gasteiger partial charge >= 0.3 is 12.1 Å². The highest BCUT2D eigenvalue weighted by Crippen LogP contribution is 2.40. The lowest BCUT2D eigenvalue weighted by Crippen LogP contribution is -2.39. The lowest BCUT2D eigenvalue weighted by Gasteiger charge is -2.31. The molecule has 3 N–H and O–H groups in total. The van der Waals surface area contributed by atoms with Crippen LogP contribution in [0.15, 0.2) is 46.6 Å². The second kappa shape index (κ2) is 10.3. The van der Waals surface area contributed by atoms with Gasteiger partial charge in [0.15, 0.2) is 5.71 Å². The van der Waals surface area contributed by atoms with Gasteiger partial charge < -0.3 is 10.4 Å². The first kappa shape index (κ1) is 25.7. The van der Waals surface area contributed by atoms with Gasteiger partial charge in [0.25, 0.3) is 0 Å². The summed E-state index contributed by atoms with van der Waals surface area (Å²) in [6, 6.07) is 10.5. The number of phenols is 1. The zero-order valence-electron chi connectivity index (χ0n) is 20.5. The molecule has 192 valence electrons. The van der Waals surface area contributed by atoms with Crippen molar-refractivity contribution in [3.05, 3.63) is 53.1 Å². The van der Waals surface area contributed by atoms with Gasteiger partial charge in [-0.1, -0.05) is 24.6 Å². The van der Waals surface area contributed by atoms with Crippen molar-refractivity contribution in [3.63, 3.8) is 0 Å². The number of nitrogens with one attached hydrogen (secondary N) is 2. The lowest BCUT2D eigenvalue weighted by atomic mass is 9.81. The second-order valence-electron chi connectivity index (χ2n) is 9.44. The molecular formula is C26H30F3N5O2. The molecule has 7 nitrogen and oxygen atoms in total. The fourth-order valence-electron chi connectivity index (χ4n) is 4.67. The molecule has 2 aromatic rings. The Morgan fingerprint density at radius 1 is 1.14 bits per heavy atom. The number of aromatic hydroxyl groups is 1. The third-order valence-electron chi connectivity index (χ3n) is 6.78. The highest BCUT2D eigenvalue weighted by atomic mass is 19.4. The van der Waals surface area contributed by atoms with Gasteiger partial charge in [-0.3, -0.25) is 10.2 Å². The van der Waals surface area contributed by atoms with Gasteiger partial charge in [0.05, 0.1) is 23.6 Å². The summed E-state index contributed by atoms with van der Waals surface area (Å²) in [6.07, 6.45) is -1.57. The summed E-state index contributed by atoms with van der Waals surface area (Å²) in [7, 11) is 0. The number of rotatable bonds is 6. The molecule has 1 aliphatic heterocycles. The van der Waals surface area contributed by atoms with Crippen molar-refractivity contribution in [2.45, 2.75) is 64.6 Å². The van der Waals surface area contributed by atoms with Crippen LogP contribution >= 0.6 is 0 Å². The van der Waals surface area contributed by atoms with Gasteiger partial charge in [-0.15, -0.1) is 0 Å². The Kier molecular flexibility index (Phi) is 7.35. The van der Waals surface area contributed by atoms with E-state index in [4.69, 9.17) is 0 Å². The summed E-state index contributed by atoms with van der Waals surface area (Å²) in [5.41, 5.74) is 7.11. The second-order valence-corrected chi connectivity index (χ2v) is 9.44. The Labute approximate surface area is 208 Å². The molecule has 2 atom stereocenters. The number of phenolic OH excluding ortho intramolecular Hbond substituents is 1. The molecule has 1 heterocycles. The summed E-state index contributed by atoms with van der Waals surface area (Å²) in [6.45, 7) is 4.61. The number of carbonyl (C=O) groups is 1. The minimum atomic E-state index is -4.26. The number of carbonyl (C=O) groups excluding carboxylic acids is 1. The van der Waals surface area contributed by atoms with Crippen LogP contribution in [0.5, 0.6) is 5.75 Å². The van der Waals surface area contributed by atoms with Crippen molar-refractivity contribution in [3.8, 4) is 5.75 Å². The Hall–Kier alpha value is -3.40. The van der Waals surface area contributed by atoms with Crippen LogP contribution in [-0.4, -0.2) is 41.2 Å². The van der Waals surface area contributed by atoms with Crippen molar-refractivity contribution in [2.24, 2.45) is 10.2 Å². The number of halogens is 3. The van der Waals surface area contributed by atoms with E-state index in [1.807, 2.05) is 32.0 Å². The maximum Gasteiger partial charge on any atom is 0.401 e. The van der Waals surface area contributed by atoms with E-state index in [1.165, 1.54) is 5.01 Å². The SMILES string of the molecule is CC1=NN(c2ccc(C)c(C)c2)C(=O)/C1=N/Nc1cccc(C2CCCC(NCC(F)(F)F)C2)c1O. The summed E-state index contributed by atoms with van der Waals surface area (Å²) in [5.74, 6) is -0.491. The molecule has 1 aliphatic carbocycles. The quantitative estimate of drug-likeness (QED) is 0.366. The number of nitrogens with zero attached hydrogens (tertiary/aromatic N) is 3. The first-order valence-electron chi connectivity index (χ1n) is 12.0. The Morgan fingerprint density at radius 2 is 1.92 bits per heavy atom. The van der Waals surface area contributed by atoms with E-state index in [-0.39, 0.29) is 29.3 Å². The van der Waals surface area contributed by atoms with Gasteiger partial charge in [0, 0.05) is 6.04 Å². The minimum Gasteiger partial charge on any atom is -0.505 e. The van der Waals surface area contributed by atoms with Crippen molar-refractivity contribution in [2.75, 3.05) is 17.0 Å². The first-order chi connectivity index (χ1) is 17.0. The van der Waals surface area contributed by atoms with E-state index in [2.05, 4.69) is 20.9 Å². The monoisotopic (exact) mass is 501 g/mol. The Morgan fingerprint density at radius 3 is 2.64 bits per heavy atom. The van der Waals surface area contributed by atoms with Crippen molar-refractivity contribution < 1.29 is 23.1 Å². The van der Waals surface area contributed by atoms with Gasteiger partial charge in [0.2, 0.25) is 0 Å². The zero-order valence-corrected chi connectivity index (χ0v) is 20.5. The number of anilines is 2. The predicted molar refractivity (Wildman–Crippen MR) is 135 cm³/mol. The predicted octanol–water partition coefficient (Wildman–Crippen LogP) is 5.38. The number of para-hydroxylation sites is 1.